The summed E-state index contributed by atoms with van der Waals surface area (Å²) in [6.45, 7) is 2.86. The van der Waals surface area contributed by atoms with Crippen LogP contribution in [-0.4, -0.2) is 64.2 Å². The van der Waals surface area contributed by atoms with Gasteiger partial charge in [-0.3, -0.25) is 9.69 Å². The Bertz CT molecular complexity index is 1380. The van der Waals surface area contributed by atoms with Crippen molar-refractivity contribution in [3.8, 4) is 0 Å². The number of hydrogen-bond donors (Lipinski definition) is 2. The molecule has 1 aliphatic carbocycles. The van der Waals surface area contributed by atoms with Gasteiger partial charge in [-0.2, -0.15) is 0 Å². The number of carbonyl (C=O) groups is 1. The zero-order valence-corrected chi connectivity index (χ0v) is 20.4. The van der Waals surface area contributed by atoms with E-state index in [2.05, 4.69) is 26.0 Å². The second kappa shape index (κ2) is 9.43. The number of fused-ring (bicyclic) bond motifs is 1. The number of rotatable bonds is 6. The van der Waals surface area contributed by atoms with E-state index in [9.17, 15) is 19.9 Å². The van der Waals surface area contributed by atoms with Gasteiger partial charge in [-0.25, -0.2) is 9.18 Å². The van der Waals surface area contributed by atoms with E-state index < -0.39 is 17.2 Å². The van der Waals surface area contributed by atoms with Crippen LogP contribution in [0.15, 0.2) is 57.0 Å². The molecule has 1 saturated heterocycles. The molecule has 2 fully saturated rings. The van der Waals surface area contributed by atoms with Crippen LogP contribution in [0.25, 0.3) is 10.9 Å². The number of oxime groups is 1. The zero-order valence-electron chi connectivity index (χ0n) is 18.8. The maximum absolute atomic E-state index is 15.2. The Morgan fingerprint density at radius 2 is 1.80 bits per heavy atom. The summed E-state index contributed by atoms with van der Waals surface area (Å²) in [5.41, 5.74) is 1.35. The molecule has 2 N–H and O–H groups in total. The van der Waals surface area contributed by atoms with E-state index >= 15 is 4.39 Å². The molecule has 0 spiro atoms. The Morgan fingerprint density at radius 3 is 2.40 bits per heavy atom. The summed E-state index contributed by atoms with van der Waals surface area (Å²) < 4.78 is 17.9. The van der Waals surface area contributed by atoms with Gasteiger partial charge in [0, 0.05) is 60.4 Å². The molecule has 0 radical (unpaired) electrons. The van der Waals surface area contributed by atoms with Gasteiger partial charge < -0.3 is 19.8 Å². The summed E-state index contributed by atoms with van der Waals surface area (Å²) in [6, 6.07) is 10.5. The maximum Gasteiger partial charge on any atom is 0.341 e. The quantitative estimate of drug-likeness (QED) is 0.278. The normalized spacial score (nSPS) is 17.2. The lowest BCUT2D eigenvalue weighted by atomic mass is 10.1. The molecule has 2 aliphatic rings. The summed E-state index contributed by atoms with van der Waals surface area (Å²) >= 11 is 3.40. The predicted molar refractivity (Wildman–Crippen MR) is 135 cm³/mol. The van der Waals surface area contributed by atoms with E-state index in [-0.39, 0.29) is 17.0 Å². The van der Waals surface area contributed by atoms with Crippen LogP contribution < -0.4 is 10.3 Å². The lowest BCUT2D eigenvalue weighted by Crippen LogP contribution is -2.48. The summed E-state index contributed by atoms with van der Waals surface area (Å²) in [5, 5.41) is 22.5. The predicted octanol–water partition coefficient (Wildman–Crippen LogP) is 3.94. The first-order chi connectivity index (χ1) is 16.9. The van der Waals surface area contributed by atoms with Gasteiger partial charge in [0.25, 0.3) is 0 Å². The molecule has 2 heterocycles. The standard InChI is InChI=1S/C25H24BrFN4O4/c26-16-3-1-15(2-4-16)21(28-35)14-29-7-9-30(10-8-29)23-12-22-18(11-20(23)27)24(32)19(25(33)34)13-31(22)17-5-6-17/h1-4,11-13,17,35H,5-10,14H2,(H,33,34)/b28-21-. The third kappa shape index (κ3) is 4.68. The van der Waals surface area contributed by atoms with Gasteiger partial charge in [0.15, 0.2) is 0 Å². The first-order valence-electron chi connectivity index (χ1n) is 11.4. The summed E-state index contributed by atoms with van der Waals surface area (Å²) in [6.07, 6.45) is 3.19. The van der Waals surface area contributed by atoms with Gasteiger partial charge in [0.2, 0.25) is 5.43 Å². The fraction of sp³-hybridized carbons (Fsp3) is 0.320. The van der Waals surface area contributed by atoms with Crippen molar-refractivity contribution >= 4 is 44.2 Å². The number of aromatic carboxylic acids is 1. The van der Waals surface area contributed by atoms with Crippen LogP contribution in [0.5, 0.6) is 0 Å². The summed E-state index contributed by atoms with van der Waals surface area (Å²) in [5.74, 6) is -1.85. The molecular formula is C25H24BrFN4O4. The van der Waals surface area contributed by atoms with Gasteiger partial charge in [-0.15, -0.1) is 0 Å². The molecule has 2 aromatic carbocycles. The second-order valence-corrected chi connectivity index (χ2v) is 9.87. The van der Waals surface area contributed by atoms with Crippen LogP contribution in [0.2, 0.25) is 0 Å². The topological polar surface area (TPSA) is 98.4 Å². The Labute approximate surface area is 209 Å². The number of carboxylic acid groups (broad SMARTS) is 1. The van der Waals surface area contributed by atoms with Crippen molar-refractivity contribution in [1.29, 1.82) is 0 Å². The first kappa shape index (κ1) is 23.5. The van der Waals surface area contributed by atoms with Gasteiger partial charge in [0.1, 0.15) is 17.1 Å². The fourth-order valence-electron chi connectivity index (χ4n) is 4.59. The van der Waals surface area contributed by atoms with Crippen LogP contribution >= 0.6 is 15.9 Å². The van der Waals surface area contributed by atoms with Crippen molar-refractivity contribution in [3.05, 3.63) is 74.2 Å². The molecule has 1 aliphatic heterocycles. The van der Waals surface area contributed by atoms with Crippen molar-refractivity contribution in [1.82, 2.24) is 9.47 Å². The van der Waals surface area contributed by atoms with Crippen LogP contribution in [0.3, 0.4) is 0 Å². The van der Waals surface area contributed by atoms with E-state index in [1.807, 2.05) is 33.7 Å². The van der Waals surface area contributed by atoms with E-state index in [0.717, 1.165) is 22.9 Å². The van der Waals surface area contributed by atoms with Gasteiger partial charge in [-0.05, 0) is 37.1 Å². The number of halogens is 2. The number of benzene rings is 2. The third-order valence-electron chi connectivity index (χ3n) is 6.66. The van der Waals surface area contributed by atoms with E-state index in [0.29, 0.717) is 49.6 Å². The van der Waals surface area contributed by atoms with Crippen LogP contribution in [0.1, 0.15) is 34.8 Å². The van der Waals surface area contributed by atoms with E-state index in [4.69, 9.17) is 0 Å². The number of nitrogens with zero attached hydrogens (tertiary/aromatic N) is 4. The molecule has 3 aromatic rings. The number of carboxylic acids is 1. The fourth-order valence-corrected chi connectivity index (χ4v) is 4.85. The number of hydrogen-bond acceptors (Lipinski definition) is 6. The molecule has 0 unspecified atom stereocenters. The lowest BCUT2D eigenvalue weighted by Gasteiger charge is -2.36. The van der Waals surface area contributed by atoms with Crippen molar-refractivity contribution < 1.29 is 19.5 Å². The molecule has 8 nitrogen and oxygen atoms in total. The first-order valence-corrected chi connectivity index (χ1v) is 12.2. The molecule has 10 heteroatoms. The highest BCUT2D eigenvalue weighted by Crippen LogP contribution is 2.38. The highest BCUT2D eigenvalue weighted by molar-refractivity contribution is 9.10. The number of pyridine rings is 1. The number of piperazine rings is 1. The Kier molecular flexibility index (Phi) is 6.33. The van der Waals surface area contributed by atoms with E-state index in [1.54, 1.807) is 6.07 Å². The molecule has 0 bridgehead atoms. The molecule has 1 aromatic heterocycles. The minimum atomic E-state index is -1.30. The maximum atomic E-state index is 15.2. The summed E-state index contributed by atoms with van der Waals surface area (Å²) in [7, 11) is 0. The monoisotopic (exact) mass is 542 g/mol. The average Bonchev–Trinajstić information content (AvgIpc) is 3.69. The minimum absolute atomic E-state index is 0.0926. The number of anilines is 1. The molecule has 0 atom stereocenters. The highest BCUT2D eigenvalue weighted by Gasteiger charge is 2.28. The lowest BCUT2D eigenvalue weighted by molar-refractivity contribution is 0.0695. The van der Waals surface area contributed by atoms with Crippen molar-refractivity contribution in [2.24, 2.45) is 5.16 Å². The van der Waals surface area contributed by atoms with Crippen molar-refractivity contribution in [2.45, 2.75) is 18.9 Å². The second-order valence-electron chi connectivity index (χ2n) is 8.95. The van der Waals surface area contributed by atoms with Crippen molar-refractivity contribution in [3.63, 3.8) is 0 Å². The Morgan fingerprint density at radius 1 is 1.11 bits per heavy atom. The molecule has 182 valence electrons. The van der Waals surface area contributed by atoms with E-state index in [1.165, 1.54) is 12.3 Å². The molecule has 5 rings (SSSR count). The highest BCUT2D eigenvalue weighted by atomic mass is 79.9. The Hall–Kier alpha value is -3.24. The Balaban J connectivity index is 1.37. The summed E-state index contributed by atoms with van der Waals surface area (Å²) in [4.78, 5) is 28.3. The van der Waals surface area contributed by atoms with Crippen LogP contribution in [0, 0.1) is 5.82 Å². The largest absolute Gasteiger partial charge is 0.477 e. The molecular weight excluding hydrogens is 519 g/mol. The smallest absolute Gasteiger partial charge is 0.341 e. The number of aromatic nitrogens is 1. The minimum Gasteiger partial charge on any atom is -0.477 e. The van der Waals surface area contributed by atoms with Gasteiger partial charge in [0.05, 0.1) is 11.2 Å². The SMILES string of the molecule is O=C(O)c1cn(C2CC2)c2cc(N3CCN(C/C(=N/O)c4ccc(Br)cc4)CC3)c(F)cc2c1=O. The molecule has 0 amide bonds. The van der Waals surface area contributed by atoms with Crippen LogP contribution in [0.4, 0.5) is 10.1 Å². The zero-order chi connectivity index (χ0) is 24.7. The van der Waals surface area contributed by atoms with Crippen LogP contribution in [-0.2, 0) is 0 Å². The van der Waals surface area contributed by atoms with Crippen molar-refractivity contribution in [2.75, 3.05) is 37.6 Å². The van der Waals surface area contributed by atoms with Gasteiger partial charge >= 0.3 is 5.97 Å². The molecule has 1 saturated carbocycles. The van der Waals surface area contributed by atoms with Gasteiger partial charge in [-0.1, -0.05) is 33.2 Å². The average molecular weight is 543 g/mol. The third-order valence-corrected chi connectivity index (χ3v) is 7.18. The molecule has 35 heavy (non-hydrogen) atoms.